The molecule has 0 saturated carbocycles. The number of hydrogen-bond acceptors (Lipinski definition) is 3. The average molecular weight is 184 g/mol. The third-order valence-corrected chi connectivity index (χ3v) is 2.33. The van der Waals surface area contributed by atoms with E-state index >= 15 is 0 Å². The molecule has 13 heavy (non-hydrogen) atoms. The Kier molecular flexibility index (Phi) is 3.25. The highest BCUT2D eigenvalue weighted by Crippen LogP contribution is 2.25. The molecule has 0 aromatic carbocycles. The van der Waals surface area contributed by atoms with Gasteiger partial charge in [-0.1, -0.05) is 12.2 Å². The predicted octanol–water partition coefficient (Wildman–Crippen LogP) is 1.24. The summed E-state index contributed by atoms with van der Waals surface area (Å²) in [6.07, 6.45) is 5.80. The lowest BCUT2D eigenvalue weighted by molar-refractivity contribution is -0.168. The lowest BCUT2D eigenvalue weighted by Gasteiger charge is -2.29. The molecule has 1 rings (SSSR count). The zero-order chi connectivity index (χ0) is 9.90. The fourth-order valence-corrected chi connectivity index (χ4v) is 1.32. The smallest absolute Gasteiger partial charge is 0.190 e. The molecule has 0 aromatic heterocycles. The van der Waals surface area contributed by atoms with Gasteiger partial charge in [-0.05, 0) is 18.6 Å². The van der Waals surface area contributed by atoms with Crippen molar-refractivity contribution in [1.29, 1.82) is 0 Å². The molecule has 74 valence electrons. The van der Waals surface area contributed by atoms with Crippen molar-refractivity contribution in [3.8, 4) is 0 Å². The molecule has 1 atom stereocenters. The predicted molar refractivity (Wildman–Crippen MR) is 50.3 cm³/mol. The van der Waals surface area contributed by atoms with Crippen molar-refractivity contribution >= 4 is 0 Å². The molecule has 0 spiro atoms. The molecule has 1 unspecified atom stereocenters. The minimum atomic E-state index is -0.640. The van der Waals surface area contributed by atoms with Crippen LogP contribution in [0.3, 0.4) is 0 Å². The first kappa shape index (κ1) is 10.4. The van der Waals surface area contributed by atoms with Crippen molar-refractivity contribution in [3.63, 3.8) is 0 Å². The maximum atomic E-state index is 9.29. The van der Waals surface area contributed by atoms with Crippen LogP contribution in [0.2, 0.25) is 0 Å². The second-order valence-electron chi connectivity index (χ2n) is 3.14. The van der Waals surface area contributed by atoms with Gasteiger partial charge in [0.25, 0.3) is 0 Å². The fraction of sp³-hybridized carbons (Fsp3) is 0.600. The molecular formula is C10H16O3. The van der Waals surface area contributed by atoms with Crippen molar-refractivity contribution in [2.45, 2.75) is 25.2 Å². The van der Waals surface area contributed by atoms with Crippen LogP contribution < -0.4 is 0 Å². The number of aliphatic hydroxyl groups excluding tert-OH is 1. The quantitative estimate of drug-likeness (QED) is 0.671. The van der Waals surface area contributed by atoms with E-state index in [0.717, 1.165) is 5.57 Å². The highest BCUT2D eigenvalue weighted by Gasteiger charge is 2.27. The van der Waals surface area contributed by atoms with Crippen molar-refractivity contribution in [2.24, 2.45) is 0 Å². The van der Waals surface area contributed by atoms with E-state index in [9.17, 15) is 5.11 Å². The third-order valence-electron chi connectivity index (χ3n) is 2.33. The van der Waals surface area contributed by atoms with E-state index in [1.807, 2.05) is 18.2 Å². The molecule has 0 heterocycles. The molecule has 0 saturated heterocycles. The third kappa shape index (κ3) is 2.18. The fourth-order valence-electron chi connectivity index (χ4n) is 1.32. The van der Waals surface area contributed by atoms with E-state index in [4.69, 9.17) is 9.47 Å². The Morgan fingerprint density at radius 1 is 1.46 bits per heavy atom. The molecule has 1 N–H and O–H groups in total. The van der Waals surface area contributed by atoms with Gasteiger partial charge >= 0.3 is 0 Å². The standard InChI is InChI=1S/C10H16O3/c1-8(11)9-4-6-10(12-2,13-3)7-5-9/h4-6,8,11H,7H2,1-3H3. The average Bonchev–Trinajstić information content (AvgIpc) is 2.18. The van der Waals surface area contributed by atoms with Crippen molar-refractivity contribution < 1.29 is 14.6 Å². The monoisotopic (exact) mass is 184 g/mol. The van der Waals surface area contributed by atoms with E-state index in [-0.39, 0.29) is 0 Å². The summed E-state index contributed by atoms with van der Waals surface area (Å²) in [5, 5.41) is 9.29. The van der Waals surface area contributed by atoms with Gasteiger partial charge in [0.1, 0.15) is 0 Å². The van der Waals surface area contributed by atoms with E-state index in [2.05, 4.69) is 0 Å². The summed E-state index contributed by atoms with van der Waals surface area (Å²) in [6, 6.07) is 0. The van der Waals surface area contributed by atoms with E-state index in [0.29, 0.717) is 6.42 Å². The van der Waals surface area contributed by atoms with Crippen LogP contribution >= 0.6 is 0 Å². The van der Waals surface area contributed by atoms with Gasteiger partial charge in [-0.2, -0.15) is 0 Å². The number of hydrogen-bond donors (Lipinski definition) is 1. The van der Waals surface area contributed by atoms with Gasteiger partial charge < -0.3 is 14.6 Å². The first-order chi connectivity index (χ1) is 6.13. The normalized spacial score (nSPS) is 22.6. The van der Waals surface area contributed by atoms with Gasteiger partial charge in [0.15, 0.2) is 5.79 Å². The molecule has 0 aliphatic heterocycles. The number of methoxy groups -OCH3 is 2. The van der Waals surface area contributed by atoms with Crippen LogP contribution in [0.25, 0.3) is 0 Å². The van der Waals surface area contributed by atoms with Crippen molar-refractivity contribution in [1.82, 2.24) is 0 Å². The van der Waals surface area contributed by atoms with Gasteiger partial charge in [0, 0.05) is 20.6 Å². The topological polar surface area (TPSA) is 38.7 Å². The Morgan fingerprint density at radius 3 is 2.38 bits per heavy atom. The molecule has 1 aliphatic rings. The van der Waals surface area contributed by atoms with Gasteiger partial charge in [-0.3, -0.25) is 0 Å². The zero-order valence-electron chi connectivity index (χ0n) is 8.28. The Bertz CT molecular complexity index is 224. The van der Waals surface area contributed by atoms with Crippen LogP contribution in [-0.4, -0.2) is 31.2 Å². The van der Waals surface area contributed by atoms with Crippen LogP contribution in [0.4, 0.5) is 0 Å². The summed E-state index contributed by atoms with van der Waals surface area (Å²) in [4.78, 5) is 0. The van der Waals surface area contributed by atoms with Crippen molar-refractivity contribution in [2.75, 3.05) is 14.2 Å². The molecular weight excluding hydrogens is 168 g/mol. The maximum absolute atomic E-state index is 9.29. The van der Waals surface area contributed by atoms with Gasteiger partial charge in [-0.15, -0.1) is 0 Å². The summed E-state index contributed by atoms with van der Waals surface area (Å²) in [5.41, 5.74) is 0.907. The zero-order valence-corrected chi connectivity index (χ0v) is 8.28. The molecule has 0 bridgehead atoms. The lowest BCUT2D eigenvalue weighted by atomic mass is 9.99. The number of aliphatic hydroxyl groups is 1. The highest BCUT2D eigenvalue weighted by atomic mass is 16.7. The second kappa shape index (κ2) is 4.05. The van der Waals surface area contributed by atoms with Crippen LogP contribution in [0.1, 0.15) is 13.3 Å². The summed E-state index contributed by atoms with van der Waals surface area (Å²) < 4.78 is 10.4. The Labute approximate surface area is 78.7 Å². The number of ether oxygens (including phenoxy) is 2. The minimum Gasteiger partial charge on any atom is -0.389 e. The van der Waals surface area contributed by atoms with E-state index in [1.54, 1.807) is 21.1 Å². The Hall–Kier alpha value is -0.640. The van der Waals surface area contributed by atoms with E-state index < -0.39 is 11.9 Å². The molecule has 3 heteroatoms. The van der Waals surface area contributed by atoms with Crippen LogP contribution in [0.5, 0.6) is 0 Å². The Morgan fingerprint density at radius 2 is 2.08 bits per heavy atom. The van der Waals surface area contributed by atoms with Gasteiger partial charge in [0.2, 0.25) is 0 Å². The largest absolute Gasteiger partial charge is 0.389 e. The first-order valence-electron chi connectivity index (χ1n) is 4.31. The van der Waals surface area contributed by atoms with Crippen LogP contribution in [0.15, 0.2) is 23.8 Å². The van der Waals surface area contributed by atoms with Gasteiger partial charge in [0.05, 0.1) is 6.10 Å². The second-order valence-corrected chi connectivity index (χ2v) is 3.14. The van der Waals surface area contributed by atoms with Crippen molar-refractivity contribution in [3.05, 3.63) is 23.8 Å². The molecule has 0 fully saturated rings. The molecule has 0 aromatic rings. The summed E-state index contributed by atoms with van der Waals surface area (Å²) in [6.45, 7) is 1.74. The summed E-state index contributed by atoms with van der Waals surface area (Å²) in [7, 11) is 3.21. The molecule has 0 radical (unpaired) electrons. The number of rotatable bonds is 3. The summed E-state index contributed by atoms with van der Waals surface area (Å²) in [5.74, 6) is -0.640. The minimum absolute atomic E-state index is 0.428. The van der Waals surface area contributed by atoms with E-state index in [1.165, 1.54) is 0 Å². The van der Waals surface area contributed by atoms with Gasteiger partial charge in [-0.25, -0.2) is 0 Å². The van der Waals surface area contributed by atoms with Crippen LogP contribution in [0, 0.1) is 0 Å². The maximum Gasteiger partial charge on any atom is 0.190 e. The lowest BCUT2D eigenvalue weighted by Crippen LogP contribution is -2.32. The Balaban J connectivity index is 2.71. The van der Waals surface area contributed by atoms with Crippen LogP contribution in [-0.2, 0) is 9.47 Å². The molecule has 1 aliphatic carbocycles. The summed E-state index contributed by atoms with van der Waals surface area (Å²) >= 11 is 0. The molecule has 0 amide bonds. The SMILES string of the molecule is COC1(OC)C=CC(C(C)O)=CC1. The highest BCUT2D eigenvalue weighted by molar-refractivity contribution is 5.28. The molecule has 3 nitrogen and oxygen atoms in total. The first-order valence-corrected chi connectivity index (χ1v) is 4.31.